The second kappa shape index (κ2) is 8.15. The van der Waals surface area contributed by atoms with E-state index in [2.05, 4.69) is 47.2 Å². The fourth-order valence-electron chi connectivity index (χ4n) is 2.81. The Morgan fingerprint density at radius 2 is 1.89 bits per heavy atom. The van der Waals surface area contributed by atoms with Gasteiger partial charge in [0, 0.05) is 17.9 Å². The van der Waals surface area contributed by atoms with Crippen molar-refractivity contribution in [2.75, 3.05) is 16.8 Å². The molecule has 5 heteroatoms. The fourth-order valence-corrected chi connectivity index (χ4v) is 2.81. The van der Waals surface area contributed by atoms with E-state index in [1.165, 1.54) is 5.56 Å². The van der Waals surface area contributed by atoms with Gasteiger partial charge in [-0.05, 0) is 67.9 Å². The minimum atomic E-state index is -0.287. The molecule has 2 aromatic carbocycles. The van der Waals surface area contributed by atoms with Crippen LogP contribution in [0.3, 0.4) is 0 Å². The van der Waals surface area contributed by atoms with Crippen LogP contribution in [0, 0.1) is 18.3 Å². The first kappa shape index (κ1) is 18.2. The van der Waals surface area contributed by atoms with E-state index in [9.17, 15) is 4.79 Å². The van der Waals surface area contributed by atoms with Gasteiger partial charge in [0.2, 0.25) is 0 Å². The van der Waals surface area contributed by atoms with Crippen LogP contribution in [0.15, 0.2) is 66.9 Å². The summed E-state index contributed by atoms with van der Waals surface area (Å²) in [5.74, 6) is -0.287. The van der Waals surface area contributed by atoms with E-state index in [1.54, 1.807) is 36.5 Å². The number of benzene rings is 2. The van der Waals surface area contributed by atoms with Crippen molar-refractivity contribution in [2.24, 2.45) is 0 Å². The third-order valence-corrected chi connectivity index (χ3v) is 4.19. The maximum absolute atomic E-state index is 12.4. The van der Waals surface area contributed by atoms with E-state index >= 15 is 0 Å². The number of carbonyl (C=O) groups excluding carboxylic acids is 1. The van der Waals surface area contributed by atoms with E-state index in [0.717, 1.165) is 17.9 Å². The molecule has 0 fully saturated rings. The number of rotatable bonds is 5. The van der Waals surface area contributed by atoms with Gasteiger partial charge in [-0.1, -0.05) is 12.1 Å². The highest BCUT2D eigenvalue weighted by Gasteiger charge is 2.11. The number of pyridine rings is 1. The summed E-state index contributed by atoms with van der Waals surface area (Å²) in [6.07, 6.45) is 1.71. The van der Waals surface area contributed by atoms with Crippen molar-refractivity contribution in [1.82, 2.24) is 4.98 Å². The standard InChI is InChI=1S/C22H20N4O/c1-3-26(19-6-4-5-16(2)13-19)20-11-12-21(24-15-20)22(27)25-18-9-7-17(14-23)8-10-18/h4-13,15H,3H2,1-2H3,(H,25,27). The van der Waals surface area contributed by atoms with Gasteiger partial charge in [-0.15, -0.1) is 0 Å². The number of aryl methyl sites for hydroxylation is 1. The largest absolute Gasteiger partial charge is 0.341 e. The molecule has 134 valence electrons. The van der Waals surface area contributed by atoms with Gasteiger partial charge in [0.15, 0.2) is 0 Å². The average Bonchev–Trinajstić information content (AvgIpc) is 2.70. The molecule has 0 radical (unpaired) electrons. The highest BCUT2D eigenvalue weighted by atomic mass is 16.1. The van der Waals surface area contributed by atoms with E-state index < -0.39 is 0 Å². The lowest BCUT2D eigenvalue weighted by Crippen LogP contribution is -2.18. The third kappa shape index (κ3) is 4.31. The minimum absolute atomic E-state index is 0.287. The van der Waals surface area contributed by atoms with Crippen molar-refractivity contribution in [3.8, 4) is 6.07 Å². The van der Waals surface area contributed by atoms with Crippen molar-refractivity contribution < 1.29 is 4.79 Å². The lowest BCUT2D eigenvalue weighted by molar-refractivity contribution is 0.102. The van der Waals surface area contributed by atoms with Crippen LogP contribution in [0.5, 0.6) is 0 Å². The van der Waals surface area contributed by atoms with Gasteiger partial charge in [0.05, 0.1) is 23.5 Å². The molecule has 1 amide bonds. The van der Waals surface area contributed by atoms with E-state index in [1.807, 2.05) is 18.2 Å². The van der Waals surface area contributed by atoms with E-state index in [-0.39, 0.29) is 5.91 Å². The lowest BCUT2D eigenvalue weighted by Gasteiger charge is -2.23. The maximum atomic E-state index is 12.4. The monoisotopic (exact) mass is 356 g/mol. The number of nitriles is 1. The summed E-state index contributed by atoms with van der Waals surface area (Å²) in [5, 5.41) is 11.6. The van der Waals surface area contributed by atoms with E-state index in [4.69, 9.17) is 5.26 Å². The Morgan fingerprint density at radius 3 is 2.48 bits per heavy atom. The molecule has 1 N–H and O–H groups in total. The molecule has 0 bridgehead atoms. The van der Waals surface area contributed by atoms with E-state index in [0.29, 0.717) is 16.9 Å². The Labute approximate surface area is 158 Å². The number of anilines is 3. The quantitative estimate of drug-likeness (QED) is 0.721. The molecule has 1 aromatic heterocycles. The number of nitrogens with zero attached hydrogens (tertiary/aromatic N) is 3. The second-order valence-electron chi connectivity index (χ2n) is 6.13. The topological polar surface area (TPSA) is 69.0 Å². The lowest BCUT2D eigenvalue weighted by atomic mass is 10.2. The van der Waals surface area contributed by atoms with Crippen LogP contribution >= 0.6 is 0 Å². The molecule has 0 aliphatic carbocycles. The van der Waals surface area contributed by atoms with Crippen molar-refractivity contribution in [2.45, 2.75) is 13.8 Å². The zero-order valence-corrected chi connectivity index (χ0v) is 15.3. The molecule has 3 rings (SSSR count). The molecular formula is C22H20N4O. The maximum Gasteiger partial charge on any atom is 0.274 e. The average molecular weight is 356 g/mol. The first-order valence-corrected chi connectivity index (χ1v) is 8.72. The molecular weight excluding hydrogens is 336 g/mol. The molecule has 0 saturated carbocycles. The number of amides is 1. The summed E-state index contributed by atoms with van der Waals surface area (Å²) in [6.45, 7) is 4.93. The Bertz CT molecular complexity index is 972. The molecule has 0 spiro atoms. The first-order valence-electron chi connectivity index (χ1n) is 8.72. The van der Waals surface area contributed by atoms with Crippen LogP contribution in [0.1, 0.15) is 28.5 Å². The molecule has 3 aromatic rings. The van der Waals surface area contributed by atoms with Crippen molar-refractivity contribution in [1.29, 1.82) is 5.26 Å². The van der Waals surface area contributed by atoms with Gasteiger partial charge >= 0.3 is 0 Å². The van der Waals surface area contributed by atoms with Gasteiger partial charge in [-0.25, -0.2) is 4.98 Å². The Hall–Kier alpha value is -3.65. The number of nitrogens with one attached hydrogen (secondary N) is 1. The number of aromatic nitrogens is 1. The predicted octanol–water partition coefficient (Wildman–Crippen LogP) is 4.67. The van der Waals surface area contributed by atoms with Crippen LogP contribution in [0.2, 0.25) is 0 Å². The van der Waals surface area contributed by atoms with Crippen LogP contribution in [-0.2, 0) is 0 Å². The summed E-state index contributed by atoms with van der Waals surface area (Å²) < 4.78 is 0. The molecule has 0 aliphatic rings. The molecule has 27 heavy (non-hydrogen) atoms. The van der Waals surface area contributed by atoms with Crippen molar-refractivity contribution in [3.63, 3.8) is 0 Å². The minimum Gasteiger partial charge on any atom is -0.341 e. The summed E-state index contributed by atoms with van der Waals surface area (Å²) >= 11 is 0. The Morgan fingerprint density at radius 1 is 1.11 bits per heavy atom. The smallest absolute Gasteiger partial charge is 0.274 e. The summed E-state index contributed by atoms with van der Waals surface area (Å²) in [4.78, 5) is 18.8. The normalized spacial score (nSPS) is 10.1. The number of hydrogen-bond donors (Lipinski definition) is 1. The number of carbonyl (C=O) groups is 1. The van der Waals surface area contributed by atoms with Crippen molar-refractivity contribution >= 4 is 23.0 Å². The van der Waals surface area contributed by atoms with Crippen molar-refractivity contribution in [3.05, 3.63) is 83.7 Å². The van der Waals surface area contributed by atoms with Gasteiger partial charge in [-0.3, -0.25) is 4.79 Å². The summed E-state index contributed by atoms with van der Waals surface area (Å²) in [7, 11) is 0. The van der Waals surface area contributed by atoms with Gasteiger partial charge < -0.3 is 10.2 Å². The van der Waals surface area contributed by atoms with Crippen LogP contribution < -0.4 is 10.2 Å². The van der Waals surface area contributed by atoms with Gasteiger partial charge in [-0.2, -0.15) is 5.26 Å². The molecule has 5 nitrogen and oxygen atoms in total. The fraction of sp³-hybridized carbons (Fsp3) is 0.136. The predicted molar refractivity (Wildman–Crippen MR) is 107 cm³/mol. The van der Waals surface area contributed by atoms with Gasteiger partial charge in [0.25, 0.3) is 5.91 Å². The SMILES string of the molecule is CCN(c1ccc(C(=O)Nc2ccc(C#N)cc2)nc1)c1cccc(C)c1. The third-order valence-electron chi connectivity index (χ3n) is 4.19. The molecule has 0 unspecified atom stereocenters. The second-order valence-corrected chi connectivity index (χ2v) is 6.13. The van der Waals surface area contributed by atoms with Gasteiger partial charge in [0.1, 0.15) is 5.69 Å². The number of hydrogen-bond acceptors (Lipinski definition) is 4. The zero-order chi connectivity index (χ0) is 19.2. The molecule has 1 heterocycles. The Kier molecular flexibility index (Phi) is 5.48. The Balaban J connectivity index is 1.75. The molecule has 0 aliphatic heterocycles. The summed E-state index contributed by atoms with van der Waals surface area (Å²) in [5.41, 5.74) is 4.72. The van der Waals surface area contributed by atoms with Crippen LogP contribution in [0.25, 0.3) is 0 Å². The molecule has 0 atom stereocenters. The highest BCUT2D eigenvalue weighted by Crippen LogP contribution is 2.25. The van der Waals surface area contributed by atoms with Crippen LogP contribution in [-0.4, -0.2) is 17.4 Å². The highest BCUT2D eigenvalue weighted by molar-refractivity contribution is 6.03. The summed E-state index contributed by atoms with van der Waals surface area (Å²) in [6, 6.07) is 20.6. The molecule has 0 saturated heterocycles. The zero-order valence-electron chi connectivity index (χ0n) is 15.3. The first-order chi connectivity index (χ1) is 13.1. The van der Waals surface area contributed by atoms with Crippen LogP contribution in [0.4, 0.5) is 17.1 Å².